The zero-order valence-electron chi connectivity index (χ0n) is 9.67. The molecule has 1 heterocycles. The third kappa shape index (κ3) is 3.15. The Morgan fingerprint density at radius 2 is 2.11 bits per heavy atom. The topological polar surface area (TPSA) is 42.0 Å². The van der Waals surface area contributed by atoms with Crippen molar-refractivity contribution in [2.24, 2.45) is 0 Å². The summed E-state index contributed by atoms with van der Waals surface area (Å²) in [6.07, 6.45) is 4.97. The van der Waals surface area contributed by atoms with Crippen LogP contribution in [0.1, 0.15) is 5.56 Å². The molecule has 2 rings (SSSR count). The molecule has 0 aliphatic heterocycles. The predicted octanol–water partition coefficient (Wildman–Crippen LogP) is 3.35. The molecule has 4 heteroatoms. The largest absolute Gasteiger partial charge is 0.298 e. The Labute approximate surface area is 110 Å². The van der Waals surface area contributed by atoms with Crippen molar-refractivity contribution in [3.63, 3.8) is 0 Å². The summed E-state index contributed by atoms with van der Waals surface area (Å²) in [4.78, 5) is 16.0. The van der Waals surface area contributed by atoms with Crippen molar-refractivity contribution < 1.29 is 4.79 Å². The Kier molecular flexibility index (Phi) is 4.04. The van der Waals surface area contributed by atoms with Gasteiger partial charge in [0.05, 0.1) is 0 Å². The summed E-state index contributed by atoms with van der Waals surface area (Å²) in [5.41, 5.74) is 1.47. The van der Waals surface area contributed by atoms with Crippen LogP contribution < -0.4 is 5.32 Å². The molecule has 0 unspecified atom stereocenters. The molecule has 0 spiro atoms. The number of hydrogen-bond donors (Lipinski definition) is 1. The Hall–Kier alpha value is -2.20. The first kappa shape index (κ1) is 12.3. The summed E-state index contributed by atoms with van der Waals surface area (Å²) >= 11 is 1.38. The number of thiazole rings is 1. The van der Waals surface area contributed by atoms with E-state index in [-0.39, 0.29) is 5.91 Å². The quantitative estimate of drug-likeness (QED) is 0.673. The van der Waals surface area contributed by atoms with Crippen LogP contribution in [0.25, 0.3) is 6.08 Å². The van der Waals surface area contributed by atoms with Crippen LogP contribution in [0, 0.1) is 0 Å². The monoisotopic (exact) mass is 256 g/mol. The Balaban J connectivity index is 2.16. The number of carbonyl (C=O) groups excluding carboxylic acids is 1. The summed E-state index contributed by atoms with van der Waals surface area (Å²) in [6.45, 7) is 3.66. The lowest BCUT2D eigenvalue weighted by molar-refractivity contribution is -0.112. The first-order valence-corrected chi connectivity index (χ1v) is 6.27. The predicted molar refractivity (Wildman–Crippen MR) is 75.4 cm³/mol. The van der Waals surface area contributed by atoms with E-state index in [2.05, 4.69) is 16.9 Å². The highest BCUT2D eigenvalue weighted by molar-refractivity contribution is 7.13. The fourth-order valence-corrected chi connectivity index (χ4v) is 1.92. The van der Waals surface area contributed by atoms with Crippen molar-refractivity contribution in [3.8, 4) is 0 Å². The molecule has 1 N–H and O–H groups in total. The molecule has 1 aromatic heterocycles. The number of nitrogens with zero attached hydrogens (tertiary/aromatic N) is 1. The molecule has 0 bridgehead atoms. The van der Waals surface area contributed by atoms with Crippen molar-refractivity contribution in [2.45, 2.75) is 0 Å². The van der Waals surface area contributed by atoms with Gasteiger partial charge in [0, 0.05) is 17.2 Å². The highest BCUT2D eigenvalue weighted by atomic mass is 32.1. The van der Waals surface area contributed by atoms with Gasteiger partial charge in [0.2, 0.25) is 0 Å². The highest BCUT2D eigenvalue weighted by Crippen LogP contribution is 2.14. The molecular formula is C14H12N2OS. The van der Waals surface area contributed by atoms with Gasteiger partial charge < -0.3 is 0 Å². The van der Waals surface area contributed by atoms with Crippen LogP contribution in [0.15, 0.2) is 60.1 Å². The second kappa shape index (κ2) is 5.93. The lowest BCUT2D eigenvalue weighted by Crippen LogP contribution is -2.12. The Morgan fingerprint density at radius 3 is 2.72 bits per heavy atom. The van der Waals surface area contributed by atoms with Gasteiger partial charge in [-0.3, -0.25) is 10.1 Å². The SMILES string of the molecule is C=CC(=Cc1ccccc1)C(=O)Nc1nccs1. The van der Waals surface area contributed by atoms with E-state index in [9.17, 15) is 4.79 Å². The number of carbonyl (C=O) groups is 1. The minimum Gasteiger partial charge on any atom is -0.298 e. The maximum absolute atomic E-state index is 12.0. The number of nitrogens with one attached hydrogen (secondary N) is 1. The van der Waals surface area contributed by atoms with Crippen LogP contribution in [0.2, 0.25) is 0 Å². The van der Waals surface area contributed by atoms with Gasteiger partial charge in [-0.25, -0.2) is 4.98 Å². The number of amides is 1. The van der Waals surface area contributed by atoms with E-state index in [1.807, 2.05) is 35.7 Å². The average molecular weight is 256 g/mol. The van der Waals surface area contributed by atoms with Crippen molar-refractivity contribution >= 4 is 28.5 Å². The first-order chi connectivity index (χ1) is 8.79. The summed E-state index contributed by atoms with van der Waals surface area (Å²) in [5.74, 6) is -0.205. The molecule has 1 aromatic carbocycles. The number of hydrogen-bond acceptors (Lipinski definition) is 3. The van der Waals surface area contributed by atoms with Gasteiger partial charge in [-0.05, 0) is 11.6 Å². The summed E-state index contributed by atoms with van der Waals surface area (Å²) in [6, 6.07) is 9.64. The zero-order valence-corrected chi connectivity index (χ0v) is 10.5. The zero-order chi connectivity index (χ0) is 12.8. The normalized spacial score (nSPS) is 11.0. The average Bonchev–Trinajstić information content (AvgIpc) is 2.90. The third-order valence-electron chi connectivity index (χ3n) is 2.26. The maximum atomic E-state index is 12.0. The summed E-state index contributed by atoms with van der Waals surface area (Å²) in [7, 11) is 0. The second-order valence-electron chi connectivity index (χ2n) is 3.51. The van der Waals surface area contributed by atoms with E-state index in [4.69, 9.17) is 0 Å². The lowest BCUT2D eigenvalue weighted by Gasteiger charge is -2.02. The maximum Gasteiger partial charge on any atom is 0.257 e. The molecule has 0 atom stereocenters. The van der Waals surface area contributed by atoms with Crippen molar-refractivity contribution in [1.82, 2.24) is 4.98 Å². The van der Waals surface area contributed by atoms with Gasteiger partial charge in [0.25, 0.3) is 5.91 Å². The van der Waals surface area contributed by atoms with E-state index in [0.29, 0.717) is 10.7 Å². The van der Waals surface area contributed by atoms with E-state index in [1.165, 1.54) is 17.4 Å². The minimum absolute atomic E-state index is 0.205. The number of rotatable bonds is 4. The molecule has 1 amide bonds. The standard InChI is InChI=1S/C14H12N2OS/c1-2-12(10-11-6-4-3-5-7-11)13(17)16-14-15-8-9-18-14/h2-10H,1H2,(H,15,16,17). The smallest absolute Gasteiger partial charge is 0.257 e. The summed E-state index contributed by atoms with van der Waals surface area (Å²) < 4.78 is 0. The van der Waals surface area contributed by atoms with Gasteiger partial charge in [0.1, 0.15) is 0 Å². The van der Waals surface area contributed by atoms with E-state index >= 15 is 0 Å². The molecule has 90 valence electrons. The van der Waals surface area contributed by atoms with Crippen molar-refractivity contribution in [3.05, 3.63) is 65.7 Å². The lowest BCUT2D eigenvalue weighted by atomic mass is 10.1. The van der Waals surface area contributed by atoms with Crippen molar-refractivity contribution in [1.29, 1.82) is 0 Å². The fourth-order valence-electron chi connectivity index (χ4n) is 1.40. The van der Waals surface area contributed by atoms with Gasteiger partial charge in [-0.2, -0.15) is 0 Å². The first-order valence-electron chi connectivity index (χ1n) is 5.39. The highest BCUT2D eigenvalue weighted by Gasteiger charge is 2.07. The van der Waals surface area contributed by atoms with Crippen LogP contribution in [0.3, 0.4) is 0 Å². The molecule has 18 heavy (non-hydrogen) atoms. The van der Waals surface area contributed by atoms with E-state index in [0.717, 1.165) is 5.56 Å². The van der Waals surface area contributed by atoms with Crippen LogP contribution in [-0.2, 0) is 4.79 Å². The number of benzene rings is 1. The molecule has 2 aromatic rings. The van der Waals surface area contributed by atoms with Gasteiger partial charge >= 0.3 is 0 Å². The van der Waals surface area contributed by atoms with Crippen LogP contribution in [0.5, 0.6) is 0 Å². The minimum atomic E-state index is -0.205. The Morgan fingerprint density at radius 1 is 1.33 bits per heavy atom. The molecular weight excluding hydrogens is 244 g/mol. The molecule has 0 aliphatic carbocycles. The second-order valence-corrected chi connectivity index (χ2v) is 4.40. The summed E-state index contributed by atoms with van der Waals surface area (Å²) in [5, 5.41) is 5.12. The van der Waals surface area contributed by atoms with E-state index in [1.54, 1.807) is 12.3 Å². The molecule has 0 saturated heterocycles. The van der Waals surface area contributed by atoms with E-state index < -0.39 is 0 Å². The molecule has 3 nitrogen and oxygen atoms in total. The van der Waals surface area contributed by atoms with Crippen LogP contribution in [0.4, 0.5) is 5.13 Å². The Bertz CT molecular complexity index is 559. The van der Waals surface area contributed by atoms with Gasteiger partial charge in [-0.1, -0.05) is 43.0 Å². The van der Waals surface area contributed by atoms with Crippen LogP contribution in [-0.4, -0.2) is 10.9 Å². The fraction of sp³-hybridized carbons (Fsp3) is 0. The van der Waals surface area contributed by atoms with Gasteiger partial charge in [-0.15, -0.1) is 11.3 Å². The van der Waals surface area contributed by atoms with Gasteiger partial charge in [0.15, 0.2) is 5.13 Å². The third-order valence-corrected chi connectivity index (χ3v) is 2.95. The molecule has 0 aliphatic rings. The van der Waals surface area contributed by atoms with Crippen LogP contribution >= 0.6 is 11.3 Å². The molecule has 0 saturated carbocycles. The van der Waals surface area contributed by atoms with Crippen molar-refractivity contribution in [2.75, 3.05) is 5.32 Å². The number of anilines is 1. The molecule has 0 fully saturated rings. The molecule has 0 radical (unpaired) electrons. The number of aromatic nitrogens is 1.